The van der Waals surface area contributed by atoms with Gasteiger partial charge >= 0.3 is 0 Å². The first kappa shape index (κ1) is 16.5. The summed E-state index contributed by atoms with van der Waals surface area (Å²) in [6, 6.07) is 5.64. The Morgan fingerprint density at radius 3 is 2.65 bits per heavy atom. The van der Waals surface area contributed by atoms with E-state index >= 15 is 0 Å². The van der Waals surface area contributed by atoms with Crippen LogP contribution < -0.4 is 0 Å². The number of hydrogen-bond donors (Lipinski definition) is 1. The maximum absolute atomic E-state index is 12.8. The van der Waals surface area contributed by atoms with Gasteiger partial charge in [0.05, 0.1) is 0 Å². The number of nitrogens with zero attached hydrogens (tertiary/aromatic N) is 1. The second-order valence-corrected chi connectivity index (χ2v) is 7.42. The molecular weight excluding hydrogens is 286 g/mol. The molecule has 3 nitrogen and oxygen atoms in total. The van der Waals surface area contributed by atoms with Crippen LogP contribution in [0.4, 0.5) is 0 Å². The molecule has 0 spiro atoms. The summed E-state index contributed by atoms with van der Waals surface area (Å²) >= 11 is 0. The Bertz CT molecular complexity index is 549. The third-order valence-electron chi connectivity index (χ3n) is 5.67. The van der Waals surface area contributed by atoms with Gasteiger partial charge in [0.15, 0.2) is 0 Å². The highest BCUT2D eigenvalue weighted by Crippen LogP contribution is 2.33. The van der Waals surface area contributed by atoms with E-state index < -0.39 is 0 Å². The van der Waals surface area contributed by atoms with Crippen LogP contribution >= 0.6 is 0 Å². The van der Waals surface area contributed by atoms with E-state index in [0.29, 0.717) is 23.9 Å². The van der Waals surface area contributed by atoms with Crippen LogP contribution in [0.2, 0.25) is 0 Å². The largest absolute Gasteiger partial charge is 0.508 e. The summed E-state index contributed by atoms with van der Waals surface area (Å²) in [5.41, 5.74) is 1.81. The molecule has 1 heterocycles. The van der Waals surface area contributed by atoms with Crippen LogP contribution in [-0.2, 0) is 11.2 Å². The fourth-order valence-electron chi connectivity index (χ4n) is 4.24. The minimum Gasteiger partial charge on any atom is -0.508 e. The highest BCUT2D eigenvalue weighted by molar-refractivity contribution is 5.83. The second kappa shape index (κ2) is 7.48. The number of benzene rings is 1. The molecule has 3 heteroatoms. The van der Waals surface area contributed by atoms with Gasteiger partial charge in [-0.05, 0) is 68.8 Å². The van der Waals surface area contributed by atoms with Gasteiger partial charge in [-0.25, -0.2) is 0 Å². The van der Waals surface area contributed by atoms with Crippen LogP contribution in [0.1, 0.15) is 49.7 Å². The summed E-state index contributed by atoms with van der Waals surface area (Å²) < 4.78 is 0. The van der Waals surface area contributed by atoms with Gasteiger partial charge in [0.25, 0.3) is 0 Å². The summed E-state index contributed by atoms with van der Waals surface area (Å²) in [5, 5.41) is 9.85. The van der Waals surface area contributed by atoms with Crippen LogP contribution in [0.25, 0.3) is 0 Å². The zero-order valence-corrected chi connectivity index (χ0v) is 14.3. The van der Waals surface area contributed by atoms with E-state index in [9.17, 15) is 9.90 Å². The summed E-state index contributed by atoms with van der Waals surface area (Å²) in [6.45, 7) is 5.41. The molecule has 1 aromatic rings. The van der Waals surface area contributed by atoms with E-state index in [-0.39, 0.29) is 5.92 Å². The van der Waals surface area contributed by atoms with Crippen molar-refractivity contribution in [2.75, 3.05) is 19.6 Å². The molecule has 1 aliphatic carbocycles. The van der Waals surface area contributed by atoms with Crippen LogP contribution in [0.3, 0.4) is 0 Å². The number of aromatic hydroxyl groups is 1. The lowest BCUT2D eigenvalue weighted by molar-refractivity contribution is -0.125. The molecule has 1 saturated carbocycles. The lowest BCUT2D eigenvalue weighted by Gasteiger charge is -2.33. The zero-order chi connectivity index (χ0) is 16.2. The summed E-state index contributed by atoms with van der Waals surface area (Å²) in [6.07, 6.45) is 7.80. The van der Waals surface area contributed by atoms with Crippen molar-refractivity contribution in [3.8, 4) is 5.75 Å². The van der Waals surface area contributed by atoms with E-state index in [1.165, 1.54) is 45.2 Å². The molecule has 0 radical (unpaired) electrons. The molecular formula is C20H29NO2. The molecule has 0 amide bonds. The number of ketones is 1. The van der Waals surface area contributed by atoms with E-state index in [4.69, 9.17) is 0 Å². The first-order valence-electron chi connectivity index (χ1n) is 9.17. The van der Waals surface area contributed by atoms with Gasteiger partial charge in [-0.15, -0.1) is 0 Å². The molecule has 2 aliphatic rings. The van der Waals surface area contributed by atoms with Crippen LogP contribution in [0.15, 0.2) is 18.2 Å². The normalized spacial score (nSPS) is 25.6. The first-order chi connectivity index (χ1) is 11.1. The van der Waals surface area contributed by atoms with Gasteiger partial charge in [-0.3, -0.25) is 4.79 Å². The number of phenolic OH excluding ortho intramolecular Hbond substituents is 1. The fourth-order valence-corrected chi connectivity index (χ4v) is 4.24. The number of phenols is 1. The molecule has 2 unspecified atom stereocenters. The lowest BCUT2D eigenvalue weighted by atomic mass is 9.75. The molecule has 3 rings (SSSR count). The van der Waals surface area contributed by atoms with Crippen LogP contribution in [0, 0.1) is 18.8 Å². The molecule has 1 aliphatic heterocycles. The number of Topliss-reactive ketones (excluding diaryl/α,β-unsaturated/α-hetero) is 1. The summed E-state index contributed by atoms with van der Waals surface area (Å²) in [7, 11) is 0. The Labute approximate surface area is 139 Å². The Balaban J connectivity index is 1.64. The molecule has 1 N–H and O–H groups in total. The molecule has 2 fully saturated rings. The van der Waals surface area contributed by atoms with E-state index in [1.54, 1.807) is 6.07 Å². The average Bonchev–Trinajstić information content (AvgIpc) is 3.04. The monoisotopic (exact) mass is 315 g/mol. The maximum atomic E-state index is 12.8. The maximum Gasteiger partial charge on any atom is 0.140 e. The molecule has 0 aromatic heterocycles. The Kier molecular flexibility index (Phi) is 5.37. The lowest BCUT2D eigenvalue weighted by Crippen LogP contribution is -2.36. The van der Waals surface area contributed by atoms with Crippen molar-refractivity contribution in [2.45, 2.75) is 51.9 Å². The average molecular weight is 315 g/mol. The van der Waals surface area contributed by atoms with Crippen molar-refractivity contribution >= 4 is 5.78 Å². The molecule has 2 atom stereocenters. The van der Waals surface area contributed by atoms with Crippen LogP contribution in [-0.4, -0.2) is 35.4 Å². The highest BCUT2D eigenvalue weighted by atomic mass is 16.3. The first-order valence-corrected chi connectivity index (χ1v) is 9.17. The quantitative estimate of drug-likeness (QED) is 0.900. The molecule has 0 bridgehead atoms. The number of rotatable bonds is 5. The Morgan fingerprint density at radius 1 is 1.17 bits per heavy atom. The third kappa shape index (κ3) is 4.14. The van der Waals surface area contributed by atoms with Crippen molar-refractivity contribution in [1.82, 2.24) is 4.90 Å². The van der Waals surface area contributed by atoms with Crippen molar-refractivity contribution in [3.63, 3.8) is 0 Å². The SMILES string of the molecule is Cc1ccc(CC(=O)C2CCCCC2CN2CCCC2)cc1O. The van der Waals surface area contributed by atoms with Crippen molar-refractivity contribution in [2.24, 2.45) is 11.8 Å². The third-order valence-corrected chi connectivity index (χ3v) is 5.67. The number of hydrogen-bond acceptors (Lipinski definition) is 3. The molecule has 1 aromatic carbocycles. The topological polar surface area (TPSA) is 40.5 Å². The van der Waals surface area contributed by atoms with Crippen molar-refractivity contribution in [3.05, 3.63) is 29.3 Å². The Hall–Kier alpha value is -1.35. The van der Waals surface area contributed by atoms with Gasteiger partial charge in [-0.1, -0.05) is 25.0 Å². The van der Waals surface area contributed by atoms with Gasteiger partial charge in [-0.2, -0.15) is 0 Å². The number of likely N-dealkylation sites (tertiary alicyclic amines) is 1. The second-order valence-electron chi connectivity index (χ2n) is 7.42. The fraction of sp³-hybridized carbons (Fsp3) is 0.650. The van der Waals surface area contributed by atoms with Crippen molar-refractivity contribution < 1.29 is 9.90 Å². The minimum absolute atomic E-state index is 0.216. The number of carbonyl (C=O) groups excluding carboxylic acids is 1. The number of aryl methyl sites for hydroxylation is 1. The van der Waals surface area contributed by atoms with E-state index in [2.05, 4.69) is 4.90 Å². The molecule has 126 valence electrons. The van der Waals surface area contributed by atoms with Gasteiger partial charge < -0.3 is 10.0 Å². The van der Waals surface area contributed by atoms with E-state index in [0.717, 1.165) is 24.1 Å². The predicted molar refractivity (Wildman–Crippen MR) is 92.7 cm³/mol. The molecule has 23 heavy (non-hydrogen) atoms. The standard InChI is InChI=1S/C20H29NO2/c1-15-8-9-16(12-19(15)22)13-20(23)18-7-3-2-6-17(18)14-21-10-4-5-11-21/h8-9,12,17-18,22H,2-7,10-11,13-14H2,1H3. The Morgan fingerprint density at radius 2 is 1.91 bits per heavy atom. The number of carbonyl (C=O) groups is 1. The zero-order valence-electron chi connectivity index (χ0n) is 14.3. The molecule has 1 saturated heterocycles. The van der Waals surface area contributed by atoms with Gasteiger partial charge in [0.2, 0.25) is 0 Å². The van der Waals surface area contributed by atoms with Gasteiger partial charge in [0, 0.05) is 18.9 Å². The van der Waals surface area contributed by atoms with Gasteiger partial charge in [0.1, 0.15) is 11.5 Å². The summed E-state index contributed by atoms with van der Waals surface area (Å²) in [4.78, 5) is 15.4. The minimum atomic E-state index is 0.216. The van der Waals surface area contributed by atoms with Crippen LogP contribution in [0.5, 0.6) is 5.75 Å². The smallest absolute Gasteiger partial charge is 0.140 e. The van der Waals surface area contributed by atoms with E-state index in [1.807, 2.05) is 19.1 Å². The summed E-state index contributed by atoms with van der Waals surface area (Å²) in [5.74, 6) is 1.42. The van der Waals surface area contributed by atoms with Crippen molar-refractivity contribution in [1.29, 1.82) is 0 Å². The highest BCUT2D eigenvalue weighted by Gasteiger charge is 2.32. The predicted octanol–water partition coefficient (Wildman–Crippen LogP) is 3.71.